The Balaban J connectivity index is 1.46. The molecule has 0 unspecified atom stereocenters. The van der Waals surface area contributed by atoms with Gasteiger partial charge in [0.05, 0.1) is 10.5 Å². The lowest BCUT2D eigenvalue weighted by molar-refractivity contribution is -0.137. The Kier molecular flexibility index (Phi) is 5.61. The van der Waals surface area contributed by atoms with E-state index in [4.69, 9.17) is 4.52 Å². The molecule has 164 valence electrons. The summed E-state index contributed by atoms with van der Waals surface area (Å²) in [5.41, 5.74) is 0.404. The van der Waals surface area contributed by atoms with Crippen LogP contribution >= 0.6 is 0 Å². The number of nitrogens with zero attached hydrogens (tertiary/aromatic N) is 3. The second kappa shape index (κ2) is 8.08. The first-order chi connectivity index (χ1) is 14.6. The Hall–Kier alpha value is -2.72. The molecule has 3 aromatic rings. The normalized spacial score (nSPS) is 16.5. The van der Waals surface area contributed by atoms with Crippen LogP contribution in [-0.4, -0.2) is 36.0 Å². The van der Waals surface area contributed by atoms with Gasteiger partial charge in [-0.25, -0.2) is 8.42 Å². The second-order valence-corrected chi connectivity index (χ2v) is 9.46. The van der Waals surface area contributed by atoms with Crippen molar-refractivity contribution in [3.05, 3.63) is 65.5 Å². The third-order valence-electron chi connectivity index (χ3n) is 5.35. The quantitative estimate of drug-likeness (QED) is 0.578. The summed E-state index contributed by atoms with van der Waals surface area (Å²) in [6, 6.07) is 11.4. The van der Waals surface area contributed by atoms with Crippen molar-refractivity contribution in [3.63, 3.8) is 0 Å². The summed E-state index contributed by atoms with van der Waals surface area (Å²) in [5, 5.41) is 3.82. The van der Waals surface area contributed by atoms with Crippen LogP contribution in [0.5, 0.6) is 0 Å². The zero-order valence-electron chi connectivity index (χ0n) is 16.6. The van der Waals surface area contributed by atoms with Crippen LogP contribution in [0.25, 0.3) is 11.4 Å². The zero-order chi connectivity index (χ0) is 22.2. The second-order valence-electron chi connectivity index (χ2n) is 7.53. The number of halogens is 3. The molecule has 0 amide bonds. The van der Waals surface area contributed by atoms with E-state index in [1.54, 1.807) is 24.3 Å². The summed E-state index contributed by atoms with van der Waals surface area (Å²) < 4.78 is 71.2. The minimum absolute atomic E-state index is 0.0795. The Labute approximate surface area is 177 Å². The van der Waals surface area contributed by atoms with Gasteiger partial charge in [-0.3, -0.25) is 0 Å². The molecule has 0 saturated carbocycles. The number of alkyl halides is 3. The maximum Gasteiger partial charge on any atom is 0.416 e. The Morgan fingerprint density at radius 2 is 1.74 bits per heavy atom. The van der Waals surface area contributed by atoms with Crippen LogP contribution in [0.15, 0.2) is 57.9 Å². The van der Waals surface area contributed by atoms with Crippen LogP contribution in [0.2, 0.25) is 0 Å². The summed E-state index contributed by atoms with van der Waals surface area (Å²) in [4.78, 5) is 4.52. The average molecular weight is 451 g/mol. The maximum atomic E-state index is 12.9. The lowest BCUT2D eigenvalue weighted by Crippen LogP contribution is -2.37. The molecule has 1 aliphatic rings. The summed E-state index contributed by atoms with van der Waals surface area (Å²) in [5.74, 6) is 0.229. The highest BCUT2D eigenvalue weighted by molar-refractivity contribution is 7.89. The van der Waals surface area contributed by atoms with E-state index in [9.17, 15) is 21.6 Å². The van der Waals surface area contributed by atoms with Crippen LogP contribution in [0.1, 0.15) is 35.8 Å². The van der Waals surface area contributed by atoms with Gasteiger partial charge in [0.1, 0.15) is 0 Å². The molecule has 0 bridgehead atoms. The van der Waals surface area contributed by atoms with E-state index in [0.29, 0.717) is 31.8 Å². The third kappa shape index (κ3) is 4.49. The average Bonchev–Trinajstić information content (AvgIpc) is 3.24. The fraction of sp³-hybridized carbons (Fsp3) is 0.333. The standard InChI is InChI=1S/C21H20F3N3O3S/c1-14-5-7-18(8-6-14)31(28,29)27-11-9-15(10-12-27)20-25-19(26-30-20)16-3-2-4-17(13-16)21(22,23)24/h2-8,13,15H,9-12H2,1H3. The number of piperidine rings is 1. The van der Waals surface area contributed by atoms with Crippen molar-refractivity contribution in [2.24, 2.45) is 0 Å². The lowest BCUT2D eigenvalue weighted by atomic mass is 9.98. The first-order valence-corrected chi connectivity index (χ1v) is 11.2. The lowest BCUT2D eigenvalue weighted by Gasteiger charge is -2.29. The zero-order valence-corrected chi connectivity index (χ0v) is 17.4. The van der Waals surface area contributed by atoms with Crippen LogP contribution < -0.4 is 0 Å². The fourth-order valence-corrected chi connectivity index (χ4v) is 5.03. The molecule has 10 heteroatoms. The molecule has 1 aliphatic heterocycles. The van der Waals surface area contributed by atoms with Crippen molar-refractivity contribution in [2.45, 2.75) is 36.8 Å². The predicted octanol–water partition coefficient (Wildman–Crippen LogP) is 4.63. The highest BCUT2D eigenvalue weighted by atomic mass is 32.2. The highest BCUT2D eigenvalue weighted by Crippen LogP contribution is 2.33. The maximum absolute atomic E-state index is 12.9. The van der Waals surface area contributed by atoms with E-state index in [1.165, 1.54) is 16.4 Å². The summed E-state index contributed by atoms with van der Waals surface area (Å²) >= 11 is 0. The Morgan fingerprint density at radius 3 is 2.39 bits per heavy atom. The molecule has 1 aromatic heterocycles. The van der Waals surface area contributed by atoms with Gasteiger partial charge < -0.3 is 4.52 Å². The van der Waals surface area contributed by atoms with Gasteiger partial charge in [0.2, 0.25) is 21.7 Å². The fourth-order valence-electron chi connectivity index (χ4n) is 3.56. The van der Waals surface area contributed by atoms with E-state index in [2.05, 4.69) is 10.1 Å². The Morgan fingerprint density at radius 1 is 1.06 bits per heavy atom. The van der Waals surface area contributed by atoms with Crippen molar-refractivity contribution < 1.29 is 26.1 Å². The number of aryl methyl sites for hydroxylation is 1. The first-order valence-electron chi connectivity index (χ1n) is 9.72. The number of hydrogen-bond donors (Lipinski definition) is 0. The van der Waals surface area contributed by atoms with Crippen molar-refractivity contribution in [3.8, 4) is 11.4 Å². The van der Waals surface area contributed by atoms with Gasteiger partial charge in [-0.2, -0.15) is 22.5 Å². The number of aromatic nitrogens is 2. The van der Waals surface area contributed by atoms with Gasteiger partial charge in [0.15, 0.2) is 0 Å². The third-order valence-corrected chi connectivity index (χ3v) is 7.26. The van der Waals surface area contributed by atoms with Gasteiger partial charge in [-0.1, -0.05) is 35.0 Å². The van der Waals surface area contributed by atoms with Crippen molar-refractivity contribution >= 4 is 10.0 Å². The van der Waals surface area contributed by atoms with Gasteiger partial charge in [0, 0.05) is 24.6 Å². The molecule has 31 heavy (non-hydrogen) atoms. The molecule has 4 rings (SSSR count). The van der Waals surface area contributed by atoms with Gasteiger partial charge >= 0.3 is 6.18 Å². The highest BCUT2D eigenvalue weighted by Gasteiger charge is 2.33. The van der Waals surface area contributed by atoms with Crippen molar-refractivity contribution in [2.75, 3.05) is 13.1 Å². The monoisotopic (exact) mass is 451 g/mol. The minimum atomic E-state index is -4.46. The number of sulfonamides is 1. The number of rotatable bonds is 4. The summed E-state index contributed by atoms with van der Waals surface area (Å²) in [6.45, 7) is 2.48. The van der Waals surface area contributed by atoms with E-state index in [-0.39, 0.29) is 22.2 Å². The SMILES string of the molecule is Cc1ccc(S(=O)(=O)N2CCC(c3nc(-c4cccc(C(F)(F)F)c4)no3)CC2)cc1. The molecular formula is C21H20F3N3O3S. The Bertz CT molecular complexity index is 1170. The predicted molar refractivity (Wildman–Crippen MR) is 107 cm³/mol. The van der Waals surface area contributed by atoms with E-state index in [0.717, 1.165) is 17.7 Å². The summed E-state index contributed by atoms with van der Waals surface area (Å²) in [7, 11) is -3.58. The molecule has 0 radical (unpaired) electrons. The molecule has 2 aromatic carbocycles. The van der Waals surface area contributed by atoms with Gasteiger partial charge in [-0.15, -0.1) is 0 Å². The minimum Gasteiger partial charge on any atom is -0.339 e. The molecule has 0 aliphatic carbocycles. The van der Waals surface area contributed by atoms with Crippen LogP contribution in [0, 0.1) is 6.92 Å². The van der Waals surface area contributed by atoms with Crippen LogP contribution in [-0.2, 0) is 16.2 Å². The smallest absolute Gasteiger partial charge is 0.339 e. The number of benzene rings is 2. The molecule has 0 atom stereocenters. The molecule has 0 N–H and O–H groups in total. The van der Waals surface area contributed by atoms with Crippen molar-refractivity contribution in [1.29, 1.82) is 0 Å². The van der Waals surface area contributed by atoms with E-state index >= 15 is 0 Å². The first kappa shape index (κ1) is 21.5. The van der Waals surface area contributed by atoms with Crippen LogP contribution in [0.3, 0.4) is 0 Å². The molecular weight excluding hydrogens is 431 g/mol. The number of hydrogen-bond acceptors (Lipinski definition) is 5. The van der Waals surface area contributed by atoms with Crippen molar-refractivity contribution in [1.82, 2.24) is 14.4 Å². The molecule has 1 fully saturated rings. The summed E-state index contributed by atoms with van der Waals surface area (Å²) in [6.07, 6.45) is -3.50. The van der Waals surface area contributed by atoms with Gasteiger partial charge in [-0.05, 0) is 44.0 Å². The molecule has 0 spiro atoms. The largest absolute Gasteiger partial charge is 0.416 e. The van der Waals surface area contributed by atoms with E-state index in [1.807, 2.05) is 6.92 Å². The molecule has 2 heterocycles. The molecule has 1 saturated heterocycles. The van der Waals surface area contributed by atoms with Gasteiger partial charge in [0.25, 0.3) is 0 Å². The topological polar surface area (TPSA) is 76.3 Å². The molecule has 6 nitrogen and oxygen atoms in total. The van der Waals surface area contributed by atoms with Crippen LogP contribution in [0.4, 0.5) is 13.2 Å². The van der Waals surface area contributed by atoms with E-state index < -0.39 is 21.8 Å².